The van der Waals surface area contributed by atoms with Gasteiger partial charge in [-0.2, -0.15) is 0 Å². The van der Waals surface area contributed by atoms with Gasteiger partial charge in [0.2, 0.25) is 0 Å². The molecule has 0 N–H and O–H groups in total. The van der Waals surface area contributed by atoms with Crippen LogP contribution in [-0.2, 0) is 4.74 Å². The van der Waals surface area contributed by atoms with Crippen LogP contribution in [0.4, 0.5) is 0 Å². The first-order valence-electron chi connectivity index (χ1n) is 9.94. The van der Waals surface area contributed by atoms with Crippen molar-refractivity contribution in [1.82, 2.24) is 0 Å². The molecule has 0 spiro atoms. The second kappa shape index (κ2) is 11.7. The maximum Gasteiger partial charge on any atom is 0.0650 e. The Morgan fingerprint density at radius 1 is 0.760 bits per heavy atom. The minimum atomic E-state index is 0.241. The van der Waals surface area contributed by atoms with Crippen molar-refractivity contribution in [2.24, 2.45) is 10.8 Å². The van der Waals surface area contributed by atoms with Crippen LogP contribution in [0.5, 0.6) is 0 Å². The molecule has 0 fully saturated rings. The van der Waals surface area contributed by atoms with E-state index in [1.165, 1.54) is 29.6 Å². The summed E-state index contributed by atoms with van der Waals surface area (Å²) < 4.78 is 5.92. The first kappa shape index (κ1) is 24.2. The van der Waals surface area contributed by atoms with E-state index in [1.807, 2.05) is 0 Å². The van der Waals surface area contributed by atoms with Gasteiger partial charge in [-0.05, 0) is 70.6 Å². The zero-order valence-corrected chi connectivity index (χ0v) is 18.6. The lowest BCUT2D eigenvalue weighted by atomic mass is 9.77. The zero-order chi connectivity index (χ0) is 19.5. The Morgan fingerprint density at radius 2 is 1.28 bits per heavy atom. The first-order valence-corrected chi connectivity index (χ1v) is 9.94. The highest BCUT2D eigenvalue weighted by atomic mass is 16.5. The van der Waals surface area contributed by atoms with Gasteiger partial charge in [0.1, 0.15) is 0 Å². The van der Waals surface area contributed by atoms with Gasteiger partial charge in [0, 0.05) is 0 Å². The van der Waals surface area contributed by atoms with Gasteiger partial charge in [0.05, 0.1) is 13.2 Å². The van der Waals surface area contributed by atoms with E-state index >= 15 is 0 Å². The van der Waals surface area contributed by atoms with Crippen molar-refractivity contribution >= 4 is 0 Å². The monoisotopic (exact) mass is 348 g/mol. The predicted octanol–water partition coefficient (Wildman–Crippen LogP) is 7.88. The first-order chi connectivity index (χ1) is 11.4. The predicted molar refractivity (Wildman–Crippen MR) is 114 cm³/mol. The molecule has 1 heteroatoms. The molecule has 0 aliphatic carbocycles. The molecular formula is C24H44O. The molecule has 146 valence electrons. The summed E-state index contributed by atoms with van der Waals surface area (Å²) in [5.74, 6) is 0. The molecule has 0 aromatic carbocycles. The fourth-order valence-corrected chi connectivity index (χ4v) is 3.36. The third-order valence-corrected chi connectivity index (χ3v) is 4.17. The normalized spacial score (nSPS) is 14.0. The lowest BCUT2D eigenvalue weighted by Gasteiger charge is -2.32. The van der Waals surface area contributed by atoms with Gasteiger partial charge in [-0.25, -0.2) is 0 Å². The molecule has 0 heterocycles. The summed E-state index contributed by atoms with van der Waals surface area (Å²) in [5, 5.41) is 0. The average Bonchev–Trinajstić information content (AvgIpc) is 2.40. The molecule has 0 saturated heterocycles. The van der Waals surface area contributed by atoms with Crippen LogP contribution in [0.15, 0.2) is 34.9 Å². The van der Waals surface area contributed by atoms with Crippen LogP contribution >= 0.6 is 0 Å². The summed E-state index contributed by atoms with van der Waals surface area (Å²) in [7, 11) is 0. The quantitative estimate of drug-likeness (QED) is 0.272. The van der Waals surface area contributed by atoms with E-state index < -0.39 is 0 Å². The van der Waals surface area contributed by atoms with E-state index in [1.54, 1.807) is 0 Å². The maximum atomic E-state index is 5.92. The number of hydrogen-bond acceptors (Lipinski definition) is 1. The number of ether oxygens (including phenoxy) is 1. The number of rotatable bonds is 11. The Balaban J connectivity index is 4.04. The van der Waals surface area contributed by atoms with E-state index in [0.717, 1.165) is 32.5 Å². The molecule has 0 aromatic rings. The van der Waals surface area contributed by atoms with E-state index in [2.05, 4.69) is 80.5 Å². The highest BCUT2D eigenvalue weighted by Crippen LogP contribution is 2.33. The molecule has 1 nitrogen and oxygen atoms in total. The third kappa shape index (κ3) is 16.4. The largest absolute Gasteiger partial charge is 0.377 e. The molecule has 0 unspecified atom stereocenters. The Morgan fingerprint density at radius 3 is 1.80 bits per heavy atom. The van der Waals surface area contributed by atoms with Crippen molar-refractivity contribution in [2.75, 3.05) is 13.2 Å². The molecule has 0 amide bonds. The smallest absolute Gasteiger partial charge is 0.0650 e. The summed E-state index contributed by atoms with van der Waals surface area (Å²) in [6.45, 7) is 21.9. The highest BCUT2D eigenvalue weighted by Gasteiger charge is 2.25. The van der Waals surface area contributed by atoms with E-state index in [4.69, 9.17) is 4.74 Å². The summed E-state index contributed by atoms with van der Waals surface area (Å²) >= 11 is 0. The highest BCUT2D eigenvalue weighted by molar-refractivity contribution is 5.05. The minimum absolute atomic E-state index is 0.241. The molecule has 0 saturated carbocycles. The second-order valence-electron chi connectivity index (χ2n) is 9.88. The molecule has 0 aliphatic rings. The summed E-state index contributed by atoms with van der Waals surface area (Å²) in [6, 6.07) is 0. The standard InChI is InChI=1S/C24H44O/c1-20(2)12-10-13-21(3)14-11-15-22(4)16-17-25-19-24(8,9)18-23(5,6)7/h12,14,16H,10-11,13,15,17-19H2,1-9H3/b21-14+,22-16+. The molecule has 0 aliphatic heterocycles. The van der Waals surface area contributed by atoms with Crippen LogP contribution in [-0.4, -0.2) is 13.2 Å². The lowest BCUT2D eigenvalue weighted by molar-refractivity contribution is 0.0539. The zero-order valence-electron chi connectivity index (χ0n) is 18.6. The van der Waals surface area contributed by atoms with Crippen LogP contribution in [0, 0.1) is 10.8 Å². The van der Waals surface area contributed by atoms with Crippen molar-refractivity contribution < 1.29 is 4.74 Å². The van der Waals surface area contributed by atoms with Crippen molar-refractivity contribution in [3.8, 4) is 0 Å². The molecule has 0 radical (unpaired) electrons. The maximum absolute atomic E-state index is 5.92. The summed E-state index contributed by atoms with van der Waals surface area (Å²) in [6.07, 6.45) is 12.8. The van der Waals surface area contributed by atoms with Crippen LogP contribution in [0.1, 0.15) is 94.4 Å². The third-order valence-electron chi connectivity index (χ3n) is 4.17. The number of allylic oxidation sites excluding steroid dienone is 5. The van der Waals surface area contributed by atoms with Crippen molar-refractivity contribution in [3.05, 3.63) is 34.9 Å². The Labute approximate surface area is 158 Å². The van der Waals surface area contributed by atoms with Crippen molar-refractivity contribution in [1.29, 1.82) is 0 Å². The average molecular weight is 349 g/mol. The van der Waals surface area contributed by atoms with Gasteiger partial charge in [0.15, 0.2) is 0 Å². The molecule has 0 bridgehead atoms. The topological polar surface area (TPSA) is 9.23 Å². The Hall–Kier alpha value is -0.820. The van der Waals surface area contributed by atoms with Crippen LogP contribution in [0.25, 0.3) is 0 Å². The Bertz CT molecular complexity index is 451. The van der Waals surface area contributed by atoms with Crippen molar-refractivity contribution in [2.45, 2.75) is 94.4 Å². The second-order valence-corrected chi connectivity index (χ2v) is 9.88. The Kier molecular flexibility index (Phi) is 11.3. The van der Waals surface area contributed by atoms with Crippen LogP contribution in [0.3, 0.4) is 0 Å². The molecule has 25 heavy (non-hydrogen) atoms. The van der Waals surface area contributed by atoms with Crippen LogP contribution in [0.2, 0.25) is 0 Å². The molecule has 0 rings (SSSR count). The van der Waals surface area contributed by atoms with Gasteiger partial charge in [0.25, 0.3) is 0 Å². The van der Waals surface area contributed by atoms with E-state index in [0.29, 0.717) is 5.41 Å². The van der Waals surface area contributed by atoms with Crippen LogP contribution < -0.4 is 0 Å². The van der Waals surface area contributed by atoms with Gasteiger partial charge in [-0.3, -0.25) is 0 Å². The summed E-state index contributed by atoms with van der Waals surface area (Å²) in [5.41, 5.74) is 4.95. The lowest BCUT2D eigenvalue weighted by Crippen LogP contribution is -2.25. The fourth-order valence-electron chi connectivity index (χ4n) is 3.36. The molecule has 0 aromatic heterocycles. The van der Waals surface area contributed by atoms with Gasteiger partial charge in [-0.15, -0.1) is 0 Å². The van der Waals surface area contributed by atoms with Gasteiger partial charge in [-0.1, -0.05) is 69.6 Å². The number of hydrogen-bond donors (Lipinski definition) is 0. The fraction of sp³-hybridized carbons (Fsp3) is 0.750. The SMILES string of the molecule is CC(C)=CCC/C(C)=C/CC/C(C)=C/COCC(C)(C)CC(C)(C)C. The van der Waals surface area contributed by atoms with Gasteiger partial charge < -0.3 is 4.74 Å². The molecular weight excluding hydrogens is 304 g/mol. The summed E-state index contributed by atoms with van der Waals surface area (Å²) in [4.78, 5) is 0. The molecule has 0 atom stereocenters. The van der Waals surface area contributed by atoms with E-state index in [9.17, 15) is 0 Å². The van der Waals surface area contributed by atoms with Crippen molar-refractivity contribution in [3.63, 3.8) is 0 Å². The minimum Gasteiger partial charge on any atom is -0.377 e. The van der Waals surface area contributed by atoms with E-state index in [-0.39, 0.29) is 5.41 Å². The van der Waals surface area contributed by atoms with Gasteiger partial charge >= 0.3 is 0 Å².